The molecule has 2 heterocycles. The van der Waals surface area contributed by atoms with Gasteiger partial charge >= 0.3 is 6.03 Å². The summed E-state index contributed by atoms with van der Waals surface area (Å²) in [5, 5.41) is 16.4. The van der Waals surface area contributed by atoms with Crippen LogP contribution in [-0.4, -0.2) is 26.4 Å². The Hall–Kier alpha value is -3.16. The van der Waals surface area contributed by atoms with Crippen LogP contribution in [-0.2, 0) is 6.54 Å². The van der Waals surface area contributed by atoms with E-state index in [1.54, 1.807) is 12.1 Å². The zero-order valence-electron chi connectivity index (χ0n) is 14.3. The molecule has 2 amide bonds. The first-order valence-electron chi connectivity index (χ1n) is 8.01. The maximum atomic E-state index is 12.0. The Morgan fingerprint density at radius 2 is 2.04 bits per heavy atom. The molecule has 0 saturated carbocycles. The summed E-state index contributed by atoms with van der Waals surface area (Å²) in [7, 11) is 0. The number of H-pyrrole nitrogens is 1. The summed E-state index contributed by atoms with van der Waals surface area (Å²) in [5.74, 6) is 2.29. The Morgan fingerprint density at radius 1 is 1.28 bits per heavy atom. The van der Waals surface area contributed by atoms with Crippen LogP contribution in [0.5, 0.6) is 0 Å². The lowest BCUT2D eigenvalue weighted by molar-refractivity contribution is 0.250. The van der Waals surface area contributed by atoms with Gasteiger partial charge in [0.05, 0.1) is 12.2 Å². The molecule has 0 fully saturated rings. The Morgan fingerprint density at radius 3 is 2.64 bits per heavy atom. The molecule has 3 N–H and O–H groups in total. The van der Waals surface area contributed by atoms with Crippen LogP contribution in [0.3, 0.4) is 0 Å². The van der Waals surface area contributed by atoms with Crippen molar-refractivity contribution in [2.75, 3.05) is 5.32 Å². The molecule has 0 aliphatic heterocycles. The predicted molar refractivity (Wildman–Crippen MR) is 93.0 cm³/mol. The van der Waals surface area contributed by atoms with E-state index >= 15 is 0 Å². The SMILES string of the molecule is Cc1nc(-c2ccc(NC(=O)NCc3cc(C(C)C)no3)cc2)n[nH]1. The summed E-state index contributed by atoms with van der Waals surface area (Å²) in [5.41, 5.74) is 2.42. The number of benzene rings is 1. The standard InChI is InChI=1S/C17H20N6O2/c1-10(2)15-8-14(25-23-15)9-18-17(24)20-13-6-4-12(5-7-13)16-19-11(3)21-22-16/h4-8,10H,9H2,1-3H3,(H2,18,20,24)(H,19,21,22). The van der Waals surface area contributed by atoms with Gasteiger partial charge in [-0.15, -0.1) is 0 Å². The van der Waals surface area contributed by atoms with Gasteiger partial charge in [0, 0.05) is 17.3 Å². The third kappa shape index (κ3) is 4.23. The molecule has 2 aromatic heterocycles. The Kier molecular flexibility index (Phi) is 4.78. The van der Waals surface area contributed by atoms with Gasteiger partial charge in [-0.3, -0.25) is 5.10 Å². The van der Waals surface area contributed by atoms with Crippen LogP contribution in [0.2, 0.25) is 0 Å². The molecule has 0 unspecified atom stereocenters. The molecule has 8 heteroatoms. The molecular weight excluding hydrogens is 320 g/mol. The van der Waals surface area contributed by atoms with E-state index in [1.807, 2.05) is 39.0 Å². The fourth-order valence-corrected chi connectivity index (χ4v) is 2.20. The van der Waals surface area contributed by atoms with Crippen molar-refractivity contribution in [2.45, 2.75) is 33.2 Å². The number of aromatic amines is 1. The number of rotatable bonds is 5. The number of hydrogen-bond acceptors (Lipinski definition) is 5. The van der Waals surface area contributed by atoms with Gasteiger partial charge in [-0.1, -0.05) is 19.0 Å². The number of nitrogens with one attached hydrogen (secondary N) is 3. The lowest BCUT2D eigenvalue weighted by atomic mass is 10.1. The largest absolute Gasteiger partial charge is 0.359 e. The van der Waals surface area contributed by atoms with Crippen molar-refractivity contribution in [3.63, 3.8) is 0 Å². The zero-order valence-corrected chi connectivity index (χ0v) is 14.3. The van der Waals surface area contributed by atoms with E-state index in [1.165, 1.54) is 0 Å². The van der Waals surface area contributed by atoms with Gasteiger partial charge in [0.25, 0.3) is 0 Å². The summed E-state index contributed by atoms with van der Waals surface area (Å²) in [6, 6.07) is 8.83. The maximum absolute atomic E-state index is 12.0. The minimum Gasteiger partial charge on any atom is -0.359 e. The van der Waals surface area contributed by atoms with E-state index < -0.39 is 0 Å². The van der Waals surface area contributed by atoms with Crippen molar-refractivity contribution >= 4 is 11.7 Å². The Balaban J connectivity index is 1.53. The van der Waals surface area contributed by atoms with Crippen LogP contribution in [0.25, 0.3) is 11.4 Å². The average Bonchev–Trinajstić information content (AvgIpc) is 3.23. The van der Waals surface area contributed by atoms with Crippen molar-refractivity contribution in [3.05, 3.63) is 47.6 Å². The molecule has 0 aliphatic rings. The highest BCUT2D eigenvalue weighted by Gasteiger charge is 2.09. The molecule has 8 nitrogen and oxygen atoms in total. The Labute approximate surface area is 145 Å². The number of nitrogens with zero attached hydrogens (tertiary/aromatic N) is 3. The lowest BCUT2D eigenvalue weighted by Gasteiger charge is -2.06. The second-order valence-corrected chi connectivity index (χ2v) is 6.00. The number of anilines is 1. The van der Waals surface area contributed by atoms with Gasteiger partial charge in [-0.2, -0.15) is 5.10 Å². The molecular formula is C17H20N6O2. The Bertz CT molecular complexity index is 850. The normalized spacial score (nSPS) is 10.9. The van der Waals surface area contributed by atoms with Crippen LogP contribution in [0.15, 0.2) is 34.9 Å². The smallest absolute Gasteiger partial charge is 0.319 e. The molecule has 25 heavy (non-hydrogen) atoms. The van der Waals surface area contributed by atoms with Crippen molar-refractivity contribution < 1.29 is 9.32 Å². The molecule has 0 spiro atoms. The highest BCUT2D eigenvalue weighted by Crippen LogP contribution is 2.18. The lowest BCUT2D eigenvalue weighted by Crippen LogP contribution is -2.27. The minimum atomic E-state index is -0.316. The van der Waals surface area contributed by atoms with E-state index in [9.17, 15) is 4.79 Å². The third-order valence-corrected chi connectivity index (χ3v) is 3.59. The second kappa shape index (κ2) is 7.16. The molecule has 130 valence electrons. The first kappa shape index (κ1) is 16.7. The van der Waals surface area contributed by atoms with Crippen LogP contribution in [0.1, 0.15) is 37.0 Å². The highest BCUT2D eigenvalue weighted by atomic mass is 16.5. The third-order valence-electron chi connectivity index (χ3n) is 3.59. The topological polar surface area (TPSA) is 109 Å². The summed E-state index contributed by atoms with van der Waals surface area (Å²) >= 11 is 0. The minimum absolute atomic E-state index is 0.278. The first-order valence-corrected chi connectivity index (χ1v) is 8.01. The second-order valence-electron chi connectivity index (χ2n) is 6.00. The van der Waals surface area contributed by atoms with E-state index in [-0.39, 0.29) is 18.5 Å². The summed E-state index contributed by atoms with van der Waals surface area (Å²) in [6.45, 7) is 6.19. The van der Waals surface area contributed by atoms with Crippen LogP contribution < -0.4 is 10.6 Å². The number of carbonyl (C=O) groups is 1. The van der Waals surface area contributed by atoms with Crippen LogP contribution >= 0.6 is 0 Å². The molecule has 0 bridgehead atoms. The van der Waals surface area contributed by atoms with E-state index in [0.29, 0.717) is 17.3 Å². The summed E-state index contributed by atoms with van der Waals surface area (Å²) in [6.07, 6.45) is 0. The zero-order chi connectivity index (χ0) is 17.8. The number of hydrogen-bond donors (Lipinski definition) is 3. The molecule has 0 atom stereocenters. The summed E-state index contributed by atoms with van der Waals surface area (Å²) in [4.78, 5) is 16.2. The molecule has 3 rings (SSSR count). The van der Waals surface area contributed by atoms with Crippen LogP contribution in [0.4, 0.5) is 10.5 Å². The van der Waals surface area contributed by atoms with Gasteiger partial charge in [-0.05, 0) is 37.1 Å². The average molecular weight is 340 g/mol. The fraction of sp³-hybridized carbons (Fsp3) is 0.294. The number of carbonyl (C=O) groups excluding carboxylic acids is 1. The highest BCUT2D eigenvalue weighted by molar-refractivity contribution is 5.89. The van der Waals surface area contributed by atoms with Gasteiger partial charge in [-0.25, -0.2) is 9.78 Å². The molecule has 3 aromatic rings. The predicted octanol–water partition coefficient (Wildman–Crippen LogP) is 3.21. The van der Waals surface area contributed by atoms with Gasteiger partial charge in [0.2, 0.25) is 0 Å². The first-order chi connectivity index (χ1) is 12.0. The van der Waals surface area contributed by atoms with Gasteiger partial charge < -0.3 is 15.2 Å². The van der Waals surface area contributed by atoms with Crippen molar-refractivity contribution in [3.8, 4) is 11.4 Å². The van der Waals surface area contributed by atoms with E-state index in [0.717, 1.165) is 17.1 Å². The molecule has 0 aliphatic carbocycles. The molecule has 0 saturated heterocycles. The van der Waals surface area contributed by atoms with Gasteiger partial charge in [0.15, 0.2) is 11.6 Å². The van der Waals surface area contributed by atoms with Crippen molar-refractivity contribution in [1.29, 1.82) is 0 Å². The maximum Gasteiger partial charge on any atom is 0.319 e. The number of amides is 2. The number of urea groups is 1. The number of aromatic nitrogens is 4. The van der Waals surface area contributed by atoms with E-state index in [4.69, 9.17) is 4.52 Å². The quantitative estimate of drug-likeness (QED) is 0.661. The molecule has 1 aromatic carbocycles. The summed E-state index contributed by atoms with van der Waals surface area (Å²) < 4.78 is 5.18. The molecule has 0 radical (unpaired) electrons. The van der Waals surface area contributed by atoms with E-state index in [2.05, 4.69) is 31.0 Å². The van der Waals surface area contributed by atoms with Crippen LogP contribution in [0, 0.1) is 6.92 Å². The monoisotopic (exact) mass is 340 g/mol. The van der Waals surface area contributed by atoms with Crippen molar-refractivity contribution in [2.24, 2.45) is 0 Å². The van der Waals surface area contributed by atoms with Gasteiger partial charge in [0.1, 0.15) is 5.82 Å². The van der Waals surface area contributed by atoms with Crippen molar-refractivity contribution in [1.82, 2.24) is 25.7 Å². The fourth-order valence-electron chi connectivity index (χ4n) is 2.20. The number of aryl methyl sites for hydroxylation is 1.